The molecule has 9 nitrogen and oxygen atoms in total. The topological polar surface area (TPSA) is 118 Å². The molecule has 0 atom stereocenters. The molecule has 2 N–H and O–H groups in total. The van der Waals surface area contributed by atoms with Crippen LogP contribution < -0.4 is 9.46 Å². The Hall–Kier alpha value is -3.63. The summed E-state index contributed by atoms with van der Waals surface area (Å²) in [5.74, 6) is -0.848. The molecule has 2 aromatic carbocycles. The zero-order valence-electron chi connectivity index (χ0n) is 21.7. The highest BCUT2D eigenvalue weighted by molar-refractivity contribution is 7.87. The van der Waals surface area contributed by atoms with Crippen molar-refractivity contribution in [1.29, 1.82) is 0 Å². The van der Waals surface area contributed by atoms with E-state index in [1.165, 1.54) is 20.5 Å². The van der Waals surface area contributed by atoms with Gasteiger partial charge in [0.1, 0.15) is 5.75 Å². The zero-order chi connectivity index (χ0) is 27.2. The highest BCUT2D eigenvalue weighted by Gasteiger charge is 2.30. The SMILES string of the molecule is COc1ccc2c(c1)CC(C(=O)O)=Cn1c-2c(C2CCCCC2)c2ccc(C(=O)NS(=O)(=O)N(C)C)cc21. The van der Waals surface area contributed by atoms with Gasteiger partial charge in [0.2, 0.25) is 0 Å². The first-order chi connectivity index (χ1) is 18.1. The Morgan fingerprint density at radius 1 is 1.08 bits per heavy atom. The normalized spacial score (nSPS) is 15.9. The molecule has 1 amide bonds. The molecule has 5 rings (SSSR count). The summed E-state index contributed by atoms with van der Waals surface area (Å²) >= 11 is 0. The molecule has 0 bridgehead atoms. The van der Waals surface area contributed by atoms with E-state index in [4.69, 9.17) is 4.74 Å². The Labute approximate surface area is 221 Å². The maximum Gasteiger partial charge on any atom is 0.333 e. The van der Waals surface area contributed by atoms with Crippen molar-refractivity contribution in [3.05, 3.63) is 58.7 Å². The lowest BCUT2D eigenvalue weighted by molar-refractivity contribution is -0.132. The van der Waals surface area contributed by atoms with E-state index >= 15 is 0 Å². The van der Waals surface area contributed by atoms with Gasteiger partial charge in [-0.1, -0.05) is 25.3 Å². The van der Waals surface area contributed by atoms with Gasteiger partial charge in [0.15, 0.2) is 0 Å². The number of aliphatic carboxylic acids is 1. The van der Waals surface area contributed by atoms with E-state index < -0.39 is 22.1 Å². The predicted octanol–water partition coefficient (Wildman–Crippen LogP) is 4.38. The van der Waals surface area contributed by atoms with Crippen molar-refractivity contribution in [1.82, 2.24) is 13.6 Å². The second kappa shape index (κ2) is 9.92. The van der Waals surface area contributed by atoms with E-state index in [9.17, 15) is 23.1 Å². The van der Waals surface area contributed by atoms with Crippen LogP contribution in [0, 0.1) is 0 Å². The molecule has 1 fully saturated rings. The van der Waals surface area contributed by atoms with Gasteiger partial charge in [0, 0.05) is 43.2 Å². The number of carbonyl (C=O) groups excluding carboxylic acids is 1. The van der Waals surface area contributed by atoms with Crippen molar-refractivity contribution < 1.29 is 27.9 Å². The van der Waals surface area contributed by atoms with Crippen LogP contribution in [0.5, 0.6) is 5.75 Å². The maximum atomic E-state index is 12.9. The van der Waals surface area contributed by atoms with Gasteiger partial charge in [0.25, 0.3) is 5.91 Å². The van der Waals surface area contributed by atoms with E-state index in [0.29, 0.717) is 11.3 Å². The van der Waals surface area contributed by atoms with Crippen LogP contribution in [0.15, 0.2) is 42.0 Å². The number of hydrogen-bond donors (Lipinski definition) is 2. The number of fused-ring (bicyclic) bond motifs is 5. The molecule has 1 saturated carbocycles. The average Bonchev–Trinajstić information content (AvgIpc) is 3.10. The lowest BCUT2D eigenvalue weighted by Crippen LogP contribution is -2.39. The van der Waals surface area contributed by atoms with Crippen LogP contribution in [0.1, 0.15) is 59.5 Å². The highest BCUT2D eigenvalue weighted by atomic mass is 32.2. The Balaban J connectivity index is 1.79. The second-order valence-electron chi connectivity index (χ2n) is 10.1. The van der Waals surface area contributed by atoms with Crippen molar-refractivity contribution in [2.75, 3.05) is 21.2 Å². The summed E-state index contributed by atoms with van der Waals surface area (Å²) in [7, 11) is 0.288. The fourth-order valence-corrected chi connectivity index (χ4v) is 6.11. The number of nitrogens with one attached hydrogen (secondary N) is 1. The summed E-state index contributed by atoms with van der Waals surface area (Å²) in [5, 5.41) is 11.0. The van der Waals surface area contributed by atoms with Crippen molar-refractivity contribution in [2.45, 2.75) is 44.4 Å². The lowest BCUT2D eigenvalue weighted by atomic mass is 9.81. The number of benzene rings is 2. The predicted molar refractivity (Wildman–Crippen MR) is 145 cm³/mol. The van der Waals surface area contributed by atoms with Crippen molar-refractivity contribution in [3.63, 3.8) is 0 Å². The molecule has 2 heterocycles. The van der Waals surface area contributed by atoms with Crippen LogP contribution in [0.4, 0.5) is 0 Å². The van der Waals surface area contributed by atoms with E-state index in [2.05, 4.69) is 4.72 Å². The molecular formula is C28H31N3O6S. The summed E-state index contributed by atoms with van der Waals surface area (Å²) in [6, 6.07) is 10.9. The molecule has 38 heavy (non-hydrogen) atoms. The molecule has 1 aromatic heterocycles. The summed E-state index contributed by atoms with van der Waals surface area (Å²) < 4.78 is 34.9. The third kappa shape index (κ3) is 4.58. The van der Waals surface area contributed by atoms with Gasteiger partial charge in [0.05, 0.1) is 23.9 Å². The van der Waals surface area contributed by atoms with Crippen LogP contribution in [0.25, 0.3) is 28.4 Å². The summed E-state index contributed by atoms with van der Waals surface area (Å²) in [6.45, 7) is 0. The minimum Gasteiger partial charge on any atom is -0.497 e. The van der Waals surface area contributed by atoms with Crippen LogP contribution in [0.2, 0.25) is 0 Å². The molecule has 0 spiro atoms. The van der Waals surface area contributed by atoms with Gasteiger partial charge in [-0.25, -0.2) is 9.52 Å². The number of carboxylic acid groups (broad SMARTS) is 1. The Kier molecular flexibility index (Phi) is 6.79. The minimum absolute atomic E-state index is 0.169. The number of amides is 1. The van der Waals surface area contributed by atoms with Crippen molar-refractivity contribution in [2.24, 2.45) is 0 Å². The van der Waals surface area contributed by atoms with Gasteiger partial charge in [-0.3, -0.25) is 4.79 Å². The Morgan fingerprint density at radius 3 is 2.47 bits per heavy atom. The lowest BCUT2D eigenvalue weighted by Gasteiger charge is -2.24. The first-order valence-electron chi connectivity index (χ1n) is 12.6. The average molecular weight is 538 g/mol. The molecule has 200 valence electrons. The van der Waals surface area contributed by atoms with Crippen molar-refractivity contribution in [3.8, 4) is 17.0 Å². The molecular weight excluding hydrogens is 506 g/mol. The Morgan fingerprint density at radius 2 is 1.82 bits per heavy atom. The number of carboxylic acids is 1. The highest BCUT2D eigenvalue weighted by Crippen LogP contribution is 2.47. The third-order valence-corrected chi connectivity index (χ3v) is 8.93. The number of nitrogens with zero attached hydrogens (tertiary/aromatic N) is 2. The molecule has 3 aromatic rings. The van der Waals surface area contributed by atoms with Crippen LogP contribution >= 0.6 is 0 Å². The summed E-state index contributed by atoms with van der Waals surface area (Å²) in [6.07, 6.45) is 7.32. The molecule has 0 unspecified atom stereocenters. The van der Waals surface area contributed by atoms with Gasteiger partial charge in [-0.15, -0.1) is 0 Å². The summed E-state index contributed by atoms with van der Waals surface area (Å²) in [4.78, 5) is 25.2. The van der Waals surface area contributed by atoms with E-state index in [0.717, 1.165) is 57.8 Å². The molecule has 1 aliphatic carbocycles. The van der Waals surface area contributed by atoms with E-state index in [-0.39, 0.29) is 23.5 Å². The number of rotatable bonds is 6. The first kappa shape index (κ1) is 26.0. The zero-order valence-corrected chi connectivity index (χ0v) is 22.5. The number of ether oxygens (including phenoxy) is 1. The monoisotopic (exact) mass is 537 g/mol. The summed E-state index contributed by atoms with van der Waals surface area (Å²) in [5.41, 5.74) is 4.88. The third-order valence-electron chi connectivity index (χ3n) is 7.53. The van der Waals surface area contributed by atoms with Gasteiger partial charge in [-0.2, -0.15) is 12.7 Å². The van der Waals surface area contributed by atoms with Gasteiger partial charge in [-0.05, 0) is 60.2 Å². The van der Waals surface area contributed by atoms with Gasteiger partial charge >= 0.3 is 16.2 Å². The number of methoxy groups -OCH3 is 1. The smallest absolute Gasteiger partial charge is 0.333 e. The number of hydrogen-bond acceptors (Lipinski definition) is 5. The van der Waals surface area contributed by atoms with Crippen LogP contribution in [-0.4, -0.2) is 55.5 Å². The number of aromatic nitrogens is 1. The molecule has 1 aliphatic heterocycles. The maximum absolute atomic E-state index is 12.9. The van der Waals surface area contributed by atoms with Crippen LogP contribution in [0.3, 0.4) is 0 Å². The number of carbonyl (C=O) groups is 2. The molecule has 0 saturated heterocycles. The fourth-order valence-electron chi connectivity index (χ4n) is 5.57. The molecule has 2 aliphatic rings. The second-order valence-corrected chi connectivity index (χ2v) is 12.0. The largest absolute Gasteiger partial charge is 0.497 e. The molecule has 0 radical (unpaired) electrons. The van der Waals surface area contributed by atoms with Crippen molar-refractivity contribution >= 4 is 39.2 Å². The fraction of sp³-hybridized carbons (Fsp3) is 0.357. The molecule has 10 heteroatoms. The standard InChI is InChI=1S/C28H31N3O6S/c1-30(2)38(35,36)29-27(32)18-9-11-23-24(15-18)31-16-20(28(33)34)13-19-14-21(37-3)10-12-22(19)26(31)25(23)17-7-5-4-6-8-17/h9-12,14-17H,4-8,13H2,1-3H3,(H,29,32)(H,33,34). The minimum atomic E-state index is -3.98. The van der Waals surface area contributed by atoms with Crippen LogP contribution in [-0.2, 0) is 21.4 Å². The Bertz CT molecular complexity index is 1580. The van der Waals surface area contributed by atoms with Gasteiger partial charge < -0.3 is 14.4 Å². The first-order valence-corrected chi connectivity index (χ1v) is 14.1. The quantitative estimate of drug-likeness (QED) is 0.482. The van der Waals surface area contributed by atoms with E-state index in [1.807, 2.05) is 28.8 Å². The van der Waals surface area contributed by atoms with E-state index in [1.54, 1.807) is 25.4 Å².